The third kappa shape index (κ3) is 5.18. The highest BCUT2D eigenvalue weighted by atomic mass is 16.5. The monoisotopic (exact) mass is 520 g/mol. The smallest absolute Gasteiger partial charge is 0.323 e. The van der Waals surface area contributed by atoms with Gasteiger partial charge in [0.1, 0.15) is 17.2 Å². The zero-order chi connectivity index (χ0) is 26.8. The molecule has 0 aliphatic carbocycles. The average molecular weight is 521 g/mol. The fourth-order valence-electron chi connectivity index (χ4n) is 4.03. The number of hydrogen-bond donors (Lipinski definition) is 3. The number of carbonyl (C=O) groups excluding carboxylic acids is 1. The van der Waals surface area contributed by atoms with Gasteiger partial charge in [-0.2, -0.15) is 10.2 Å². The molecule has 194 valence electrons. The molecule has 0 saturated heterocycles. The van der Waals surface area contributed by atoms with Gasteiger partial charge in [-0.15, -0.1) is 0 Å². The van der Waals surface area contributed by atoms with E-state index in [-0.39, 0.29) is 6.04 Å². The minimum atomic E-state index is -0.391. The van der Waals surface area contributed by atoms with Gasteiger partial charge in [-0.05, 0) is 62.4 Å². The van der Waals surface area contributed by atoms with Crippen LogP contribution < -0.4 is 15.4 Å². The van der Waals surface area contributed by atoms with Gasteiger partial charge in [-0.25, -0.2) is 4.79 Å². The van der Waals surface area contributed by atoms with Crippen LogP contribution in [0.1, 0.15) is 19.9 Å². The van der Waals surface area contributed by atoms with Gasteiger partial charge in [0.25, 0.3) is 0 Å². The van der Waals surface area contributed by atoms with Crippen LogP contribution in [0.5, 0.6) is 11.5 Å². The number of H-pyrrole nitrogens is 1. The second-order valence-electron chi connectivity index (χ2n) is 9.11. The molecule has 0 radical (unpaired) electrons. The van der Waals surface area contributed by atoms with Gasteiger partial charge in [0.15, 0.2) is 5.58 Å². The van der Waals surface area contributed by atoms with Crippen LogP contribution in [0.4, 0.5) is 16.2 Å². The molecule has 0 aliphatic rings. The number of rotatable bonds is 7. The topological polar surface area (TPSA) is 136 Å². The number of urea groups is 1. The largest absolute Gasteiger partial charge is 0.457 e. The molecule has 11 nitrogen and oxygen atoms in total. The van der Waals surface area contributed by atoms with Crippen LogP contribution in [-0.2, 0) is 0 Å². The first kappa shape index (κ1) is 23.9. The maximum Gasteiger partial charge on any atom is 0.323 e. The van der Waals surface area contributed by atoms with Gasteiger partial charge in [-0.1, -0.05) is 5.16 Å². The van der Waals surface area contributed by atoms with Crippen molar-refractivity contribution in [3.05, 3.63) is 85.6 Å². The number of fused-ring (bicyclic) bond motifs is 1. The first-order valence-electron chi connectivity index (χ1n) is 12.3. The summed E-state index contributed by atoms with van der Waals surface area (Å²) in [5.41, 5.74) is 4.99. The van der Waals surface area contributed by atoms with E-state index in [0.717, 1.165) is 22.2 Å². The van der Waals surface area contributed by atoms with E-state index in [0.29, 0.717) is 34.2 Å². The van der Waals surface area contributed by atoms with Gasteiger partial charge < -0.3 is 19.9 Å². The minimum Gasteiger partial charge on any atom is -0.457 e. The lowest BCUT2D eigenvalue weighted by Gasteiger charge is -2.10. The van der Waals surface area contributed by atoms with E-state index in [1.807, 2.05) is 49.0 Å². The lowest BCUT2D eigenvalue weighted by Crippen LogP contribution is -2.19. The summed E-state index contributed by atoms with van der Waals surface area (Å²) in [5, 5.41) is 21.9. The van der Waals surface area contributed by atoms with E-state index in [9.17, 15) is 4.79 Å². The quantitative estimate of drug-likeness (QED) is 0.219. The summed E-state index contributed by atoms with van der Waals surface area (Å²) in [5.74, 6) is 1.26. The molecule has 0 atom stereocenters. The molecule has 0 fully saturated rings. The lowest BCUT2D eigenvalue weighted by molar-refractivity contribution is 0.262. The molecule has 39 heavy (non-hydrogen) atoms. The number of ether oxygens (including phenoxy) is 1. The molecule has 4 aromatic heterocycles. The summed E-state index contributed by atoms with van der Waals surface area (Å²) >= 11 is 0. The van der Waals surface area contributed by atoms with Crippen LogP contribution in [0.2, 0.25) is 0 Å². The Morgan fingerprint density at radius 1 is 1.00 bits per heavy atom. The second kappa shape index (κ2) is 10.1. The Morgan fingerprint density at radius 3 is 2.67 bits per heavy atom. The Balaban J connectivity index is 1.15. The van der Waals surface area contributed by atoms with Crippen LogP contribution in [0.15, 0.2) is 90.1 Å². The van der Waals surface area contributed by atoms with E-state index < -0.39 is 6.03 Å². The highest BCUT2D eigenvalue weighted by Gasteiger charge is 2.16. The van der Waals surface area contributed by atoms with E-state index in [1.54, 1.807) is 55.1 Å². The Bertz CT molecular complexity index is 1740. The fourth-order valence-corrected chi connectivity index (χ4v) is 4.03. The minimum absolute atomic E-state index is 0.116. The van der Waals surface area contributed by atoms with Crippen molar-refractivity contribution in [1.82, 2.24) is 30.1 Å². The van der Waals surface area contributed by atoms with Crippen molar-refractivity contribution in [2.24, 2.45) is 0 Å². The van der Waals surface area contributed by atoms with Gasteiger partial charge in [0.05, 0.1) is 23.8 Å². The lowest BCUT2D eigenvalue weighted by atomic mass is 10.1. The molecule has 0 saturated carbocycles. The first-order valence-corrected chi connectivity index (χ1v) is 12.3. The molecule has 0 unspecified atom stereocenters. The van der Waals surface area contributed by atoms with E-state index in [2.05, 4.69) is 31.0 Å². The molecule has 6 aromatic rings. The molecular formula is C28H24N8O3. The molecule has 2 amide bonds. The van der Waals surface area contributed by atoms with Crippen molar-refractivity contribution in [2.75, 3.05) is 10.6 Å². The summed E-state index contributed by atoms with van der Waals surface area (Å²) in [6.07, 6.45) is 8.62. The van der Waals surface area contributed by atoms with E-state index in [1.165, 1.54) is 0 Å². The molecule has 0 aliphatic heterocycles. The molecule has 11 heteroatoms. The summed E-state index contributed by atoms with van der Waals surface area (Å²) < 4.78 is 13.0. The van der Waals surface area contributed by atoms with Crippen molar-refractivity contribution in [2.45, 2.75) is 19.9 Å². The van der Waals surface area contributed by atoms with Crippen molar-refractivity contribution < 1.29 is 14.1 Å². The maximum atomic E-state index is 12.9. The molecule has 6 rings (SSSR count). The number of carbonyl (C=O) groups is 1. The van der Waals surface area contributed by atoms with Gasteiger partial charge in [0.2, 0.25) is 0 Å². The van der Waals surface area contributed by atoms with Crippen LogP contribution >= 0.6 is 0 Å². The van der Waals surface area contributed by atoms with Crippen molar-refractivity contribution in [1.29, 1.82) is 0 Å². The average Bonchev–Trinajstić information content (AvgIpc) is 3.71. The van der Waals surface area contributed by atoms with Crippen molar-refractivity contribution in [3.63, 3.8) is 0 Å². The predicted molar refractivity (Wildman–Crippen MR) is 147 cm³/mol. The number of anilines is 2. The molecule has 2 aromatic carbocycles. The van der Waals surface area contributed by atoms with E-state index >= 15 is 0 Å². The number of amides is 2. The van der Waals surface area contributed by atoms with Crippen molar-refractivity contribution in [3.8, 4) is 34.0 Å². The molecule has 3 N–H and O–H groups in total. The zero-order valence-electron chi connectivity index (χ0n) is 21.1. The Hall–Kier alpha value is -5.45. The van der Waals surface area contributed by atoms with Crippen LogP contribution in [0.25, 0.3) is 33.5 Å². The van der Waals surface area contributed by atoms with Crippen LogP contribution in [-0.4, -0.2) is 36.1 Å². The summed E-state index contributed by atoms with van der Waals surface area (Å²) in [7, 11) is 0. The normalized spacial score (nSPS) is 11.2. The summed E-state index contributed by atoms with van der Waals surface area (Å²) in [6, 6.07) is 16.1. The van der Waals surface area contributed by atoms with E-state index in [4.69, 9.17) is 14.4 Å². The van der Waals surface area contributed by atoms with Crippen molar-refractivity contribution >= 4 is 28.4 Å². The van der Waals surface area contributed by atoms with Crippen LogP contribution in [0.3, 0.4) is 0 Å². The van der Waals surface area contributed by atoms with Gasteiger partial charge >= 0.3 is 6.03 Å². The number of pyridine rings is 1. The summed E-state index contributed by atoms with van der Waals surface area (Å²) in [6.45, 7) is 4.05. The number of aromatic amines is 1. The Morgan fingerprint density at radius 2 is 1.87 bits per heavy atom. The SMILES string of the molecule is CC(C)n1cc(NC(=O)Nc2ccc(Oc3ccnc(-c4cn[nH]c4)c3)cc2)c(-c2ccc3oncc3c2)n1. The number of nitrogens with one attached hydrogen (secondary N) is 3. The van der Waals surface area contributed by atoms with Gasteiger partial charge in [0, 0.05) is 52.9 Å². The number of nitrogens with zero attached hydrogens (tertiary/aromatic N) is 5. The highest BCUT2D eigenvalue weighted by Crippen LogP contribution is 2.31. The Labute approximate surface area is 222 Å². The summed E-state index contributed by atoms with van der Waals surface area (Å²) in [4.78, 5) is 17.3. The molecule has 0 spiro atoms. The molecule has 4 heterocycles. The number of aromatic nitrogens is 6. The standard InChI is InChI=1S/C28H24N8O3/c1-17(2)36-16-25(27(35-36)18-3-8-26-19(11-18)15-32-39-26)34-28(37)33-21-4-6-22(7-5-21)38-23-9-10-29-24(12-23)20-13-30-31-14-20/h3-17H,1-2H3,(H,30,31)(H2,33,34,37). The third-order valence-corrected chi connectivity index (χ3v) is 6.01. The zero-order valence-corrected chi connectivity index (χ0v) is 21.1. The van der Waals surface area contributed by atoms with Crippen LogP contribution in [0, 0.1) is 0 Å². The first-order chi connectivity index (χ1) is 19.0. The predicted octanol–water partition coefficient (Wildman–Crippen LogP) is 6.49. The number of benzene rings is 2. The maximum absolute atomic E-state index is 12.9. The van der Waals surface area contributed by atoms with Gasteiger partial charge in [-0.3, -0.25) is 14.8 Å². The Kier molecular flexibility index (Phi) is 6.21. The third-order valence-electron chi connectivity index (χ3n) is 6.01. The highest BCUT2D eigenvalue weighted by molar-refractivity contribution is 6.02. The number of hydrogen-bond acceptors (Lipinski definition) is 7. The molecule has 0 bridgehead atoms. The fraction of sp³-hybridized carbons (Fsp3) is 0.107. The second-order valence-corrected chi connectivity index (χ2v) is 9.11. The molecular weight excluding hydrogens is 496 g/mol.